The van der Waals surface area contributed by atoms with Gasteiger partial charge in [0.05, 0.1) is 20.8 Å². The predicted octanol–water partition coefficient (Wildman–Crippen LogP) is 5.13. The molecule has 0 N–H and O–H groups in total. The molecule has 2 aromatic rings. The van der Waals surface area contributed by atoms with Crippen molar-refractivity contribution in [1.82, 2.24) is 9.97 Å². The summed E-state index contributed by atoms with van der Waals surface area (Å²) >= 11 is 11.9. The Balaban J connectivity index is 2.49. The second-order valence-corrected chi connectivity index (χ2v) is 6.49. The monoisotopic (exact) mass is 466 g/mol. The van der Waals surface area contributed by atoms with Crippen molar-refractivity contribution in [2.45, 2.75) is 19.8 Å². The van der Waals surface area contributed by atoms with Crippen molar-refractivity contribution in [2.24, 2.45) is 0 Å². The Hall–Kier alpha value is -0.400. The van der Waals surface area contributed by atoms with E-state index in [9.17, 15) is 0 Å². The first-order chi connectivity index (χ1) is 9.56. The van der Waals surface area contributed by atoms with E-state index in [-0.39, 0.29) is 0 Å². The van der Waals surface area contributed by atoms with Gasteiger partial charge in [0, 0.05) is 5.56 Å². The Bertz CT molecular complexity index is 637. The van der Waals surface area contributed by atoms with Crippen molar-refractivity contribution in [3.05, 3.63) is 37.1 Å². The summed E-state index contributed by atoms with van der Waals surface area (Å²) in [7, 11) is 1.64. The van der Waals surface area contributed by atoms with Crippen LogP contribution in [0.2, 0.25) is 5.15 Å². The van der Waals surface area contributed by atoms with E-state index in [2.05, 4.69) is 55.4 Å². The maximum absolute atomic E-state index is 6.21. The van der Waals surface area contributed by atoms with Crippen LogP contribution in [-0.2, 0) is 6.42 Å². The minimum Gasteiger partial charge on any atom is -0.496 e. The number of hydrogen-bond acceptors (Lipinski definition) is 3. The van der Waals surface area contributed by atoms with Gasteiger partial charge in [-0.15, -0.1) is 0 Å². The highest BCUT2D eigenvalue weighted by atomic mass is 127. The van der Waals surface area contributed by atoms with Crippen molar-refractivity contribution < 1.29 is 4.74 Å². The molecule has 0 bridgehead atoms. The molecule has 0 saturated heterocycles. The fourth-order valence-corrected chi connectivity index (χ4v) is 3.04. The summed E-state index contributed by atoms with van der Waals surface area (Å²) in [5, 5.41) is 0.506. The molecule has 20 heavy (non-hydrogen) atoms. The van der Waals surface area contributed by atoms with Crippen molar-refractivity contribution in [3.63, 3.8) is 0 Å². The Morgan fingerprint density at radius 3 is 2.70 bits per heavy atom. The molecule has 0 fully saturated rings. The SMILES string of the molecule is CCCc1nc(-c2ccc(OC)c(Br)c2)nc(Cl)c1I. The lowest BCUT2D eigenvalue weighted by Crippen LogP contribution is -2.00. The molecule has 0 amide bonds. The van der Waals surface area contributed by atoms with Gasteiger partial charge in [0.2, 0.25) is 0 Å². The van der Waals surface area contributed by atoms with Crippen LogP contribution in [0.1, 0.15) is 19.0 Å². The fraction of sp³-hybridized carbons (Fsp3) is 0.286. The third-order valence-corrected chi connectivity index (χ3v) is 5.12. The van der Waals surface area contributed by atoms with E-state index in [1.165, 1.54) is 0 Å². The van der Waals surface area contributed by atoms with Gasteiger partial charge in [-0.25, -0.2) is 9.97 Å². The van der Waals surface area contributed by atoms with Gasteiger partial charge in [-0.3, -0.25) is 0 Å². The number of nitrogens with zero attached hydrogens (tertiary/aromatic N) is 2. The van der Waals surface area contributed by atoms with Gasteiger partial charge < -0.3 is 4.74 Å². The van der Waals surface area contributed by atoms with Gasteiger partial charge in [-0.1, -0.05) is 24.9 Å². The first-order valence-corrected chi connectivity index (χ1v) is 8.37. The molecule has 0 radical (unpaired) electrons. The van der Waals surface area contributed by atoms with E-state index >= 15 is 0 Å². The minimum absolute atomic E-state index is 0.506. The van der Waals surface area contributed by atoms with E-state index in [1.807, 2.05) is 18.2 Å². The highest BCUT2D eigenvalue weighted by Crippen LogP contribution is 2.31. The zero-order valence-corrected chi connectivity index (χ0v) is 15.6. The van der Waals surface area contributed by atoms with Gasteiger partial charge in [-0.2, -0.15) is 0 Å². The molecule has 2 rings (SSSR count). The molecular formula is C14H13BrClIN2O. The molecule has 3 nitrogen and oxygen atoms in total. The zero-order valence-electron chi connectivity index (χ0n) is 11.1. The number of halogens is 3. The van der Waals surface area contributed by atoms with Crippen molar-refractivity contribution in [1.29, 1.82) is 0 Å². The number of rotatable bonds is 4. The van der Waals surface area contributed by atoms with Crippen LogP contribution in [0.25, 0.3) is 11.4 Å². The molecule has 1 aromatic heterocycles. The maximum atomic E-state index is 6.21. The Kier molecular flexibility index (Phi) is 5.63. The van der Waals surface area contributed by atoms with Crippen LogP contribution < -0.4 is 4.74 Å². The Morgan fingerprint density at radius 1 is 1.35 bits per heavy atom. The topological polar surface area (TPSA) is 35.0 Å². The van der Waals surface area contributed by atoms with Crippen molar-refractivity contribution in [2.75, 3.05) is 7.11 Å². The average molecular weight is 468 g/mol. The number of benzene rings is 1. The maximum Gasteiger partial charge on any atom is 0.161 e. The molecule has 1 heterocycles. The van der Waals surface area contributed by atoms with E-state index in [1.54, 1.807) is 7.11 Å². The van der Waals surface area contributed by atoms with Gasteiger partial charge in [0.1, 0.15) is 10.9 Å². The Morgan fingerprint density at radius 2 is 2.10 bits per heavy atom. The van der Waals surface area contributed by atoms with Gasteiger partial charge >= 0.3 is 0 Å². The summed E-state index contributed by atoms with van der Waals surface area (Å²) in [5.74, 6) is 1.42. The van der Waals surface area contributed by atoms with Crippen LogP contribution in [0.4, 0.5) is 0 Å². The van der Waals surface area contributed by atoms with Crippen LogP contribution >= 0.6 is 50.1 Å². The summed E-state index contributed by atoms with van der Waals surface area (Å²) in [4.78, 5) is 8.99. The van der Waals surface area contributed by atoms with Crippen molar-refractivity contribution in [3.8, 4) is 17.1 Å². The average Bonchev–Trinajstić information content (AvgIpc) is 2.43. The molecule has 0 aliphatic carbocycles. The smallest absolute Gasteiger partial charge is 0.161 e. The van der Waals surface area contributed by atoms with Crippen molar-refractivity contribution >= 4 is 50.1 Å². The van der Waals surface area contributed by atoms with Gasteiger partial charge in [-0.05, 0) is 63.1 Å². The summed E-state index contributed by atoms with van der Waals surface area (Å²) < 4.78 is 7.03. The zero-order chi connectivity index (χ0) is 14.7. The third kappa shape index (κ3) is 3.43. The van der Waals surface area contributed by atoms with E-state index in [0.717, 1.165) is 37.9 Å². The summed E-state index contributed by atoms with van der Waals surface area (Å²) in [5.41, 5.74) is 1.91. The van der Waals surface area contributed by atoms with Crippen LogP contribution in [0.15, 0.2) is 22.7 Å². The predicted molar refractivity (Wildman–Crippen MR) is 93.4 cm³/mol. The van der Waals surface area contributed by atoms with Crippen LogP contribution in [-0.4, -0.2) is 17.1 Å². The number of ether oxygens (including phenoxy) is 1. The minimum atomic E-state index is 0.506. The van der Waals surface area contributed by atoms with Crippen LogP contribution in [0.5, 0.6) is 5.75 Å². The summed E-state index contributed by atoms with van der Waals surface area (Å²) in [6.07, 6.45) is 1.92. The van der Waals surface area contributed by atoms with Gasteiger partial charge in [0.25, 0.3) is 0 Å². The molecule has 0 saturated carbocycles. The summed E-state index contributed by atoms with van der Waals surface area (Å²) in [6, 6.07) is 5.75. The van der Waals surface area contributed by atoms with Gasteiger partial charge in [0.15, 0.2) is 5.82 Å². The molecule has 106 valence electrons. The molecule has 6 heteroatoms. The summed E-state index contributed by atoms with van der Waals surface area (Å²) in [6.45, 7) is 2.12. The fourth-order valence-electron chi connectivity index (χ4n) is 1.80. The number of methoxy groups -OCH3 is 1. The molecule has 0 spiro atoms. The lowest BCUT2D eigenvalue weighted by atomic mass is 10.2. The van der Waals surface area contributed by atoms with E-state index < -0.39 is 0 Å². The van der Waals surface area contributed by atoms with Crippen LogP contribution in [0, 0.1) is 3.57 Å². The third-order valence-electron chi connectivity index (χ3n) is 2.78. The highest BCUT2D eigenvalue weighted by molar-refractivity contribution is 14.1. The normalized spacial score (nSPS) is 10.7. The number of hydrogen-bond donors (Lipinski definition) is 0. The molecule has 1 aromatic carbocycles. The number of aromatic nitrogens is 2. The molecule has 0 unspecified atom stereocenters. The van der Waals surface area contributed by atoms with E-state index in [0.29, 0.717) is 11.0 Å². The quantitative estimate of drug-likeness (QED) is 0.462. The van der Waals surface area contributed by atoms with E-state index in [4.69, 9.17) is 16.3 Å². The second kappa shape index (κ2) is 7.04. The molecule has 0 atom stereocenters. The molecule has 0 aliphatic heterocycles. The lowest BCUT2D eigenvalue weighted by molar-refractivity contribution is 0.412. The van der Waals surface area contributed by atoms with Crippen LogP contribution in [0.3, 0.4) is 0 Å². The number of aryl methyl sites for hydroxylation is 1. The second-order valence-electron chi connectivity index (χ2n) is 4.20. The molecular weight excluding hydrogens is 454 g/mol. The standard InChI is InChI=1S/C14H13BrClIN2O/c1-3-4-10-12(17)13(16)19-14(18-10)8-5-6-11(20-2)9(15)7-8/h5-7H,3-4H2,1-2H3. The highest BCUT2D eigenvalue weighted by Gasteiger charge is 2.12. The molecule has 0 aliphatic rings. The largest absolute Gasteiger partial charge is 0.496 e. The lowest BCUT2D eigenvalue weighted by Gasteiger charge is -2.09. The Labute approximate surface area is 145 Å². The first kappa shape index (κ1) is 16.0. The first-order valence-electron chi connectivity index (χ1n) is 6.12.